The van der Waals surface area contributed by atoms with Gasteiger partial charge in [-0.3, -0.25) is 0 Å². The number of hydrogen-bond acceptors (Lipinski definition) is 6. The summed E-state index contributed by atoms with van der Waals surface area (Å²) in [6, 6.07) is 2.63. The minimum Gasteiger partial charge on any atom is -0.492 e. The molecule has 3 rings (SSSR count). The zero-order valence-corrected chi connectivity index (χ0v) is 15.0. The third kappa shape index (κ3) is 3.79. The minimum atomic E-state index is -1.15. The van der Waals surface area contributed by atoms with Gasteiger partial charge in [0.15, 0.2) is 5.65 Å². The van der Waals surface area contributed by atoms with Crippen LogP contribution in [0.15, 0.2) is 24.5 Å². The highest BCUT2D eigenvalue weighted by molar-refractivity contribution is 6.31. The van der Waals surface area contributed by atoms with Gasteiger partial charge >= 0.3 is 5.97 Å². The number of carboxylic acids is 1. The maximum absolute atomic E-state index is 13.9. The van der Waals surface area contributed by atoms with Crippen LogP contribution in [0.25, 0.3) is 11.2 Å². The van der Waals surface area contributed by atoms with E-state index in [2.05, 4.69) is 15.0 Å². The van der Waals surface area contributed by atoms with Gasteiger partial charge in [-0.25, -0.2) is 19.2 Å². The molecule has 1 aromatic carbocycles. The second-order valence-corrected chi connectivity index (χ2v) is 5.96. The molecule has 142 valence electrons. The summed E-state index contributed by atoms with van der Waals surface area (Å²) in [7, 11) is 0. The summed E-state index contributed by atoms with van der Waals surface area (Å²) < 4.78 is 25.2. The van der Waals surface area contributed by atoms with Crippen LogP contribution in [0.3, 0.4) is 0 Å². The summed E-state index contributed by atoms with van der Waals surface area (Å²) in [6.45, 7) is 2.13. The lowest BCUT2D eigenvalue weighted by Gasteiger charge is -2.19. The number of benzene rings is 1. The number of aromatic carboxylic acids is 1. The highest BCUT2D eigenvalue weighted by atomic mass is 35.5. The lowest BCUT2D eigenvalue weighted by molar-refractivity contribution is 0.0699. The van der Waals surface area contributed by atoms with Crippen molar-refractivity contribution < 1.29 is 23.8 Å². The number of H-pyrrole nitrogens is 1. The monoisotopic (exact) mass is 394 g/mol. The predicted molar refractivity (Wildman–Crippen MR) is 95.9 cm³/mol. The van der Waals surface area contributed by atoms with E-state index in [1.807, 2.05) is 0 Å². The first-order chi connectivity index (χ1) is 12.9. The summed E-state index contributed by atoms with van der Waals surface area (Å²) in [5.74, 6) is -1.38. The minimum absolute atomic E-state index is 0.0358. The summed E-state index contributed by atoms with van der Waals surface area (Å²) in [5, 5.41) is 9.05. The van der Waals surface area contributed by atoms with Gasteiger partial charge in [-0.2, -0.15) is 0 Å². The molecule has 3 aromatic rings. The van der Waals surface area contributed by atoms with Gasteiger partial charge in [-0.05, 0) is 19.1 Å². The molecule has 0 fully saturated rings. The Bertz CT molecular complexity index is 994. The average Bonchev–Trinajstić information content (AvgIpc) is 3.06. The number of carboxylic acid groups (broad SMARTS) is 1. The number of nitrogens with zero attached hydrogens (tertiary/aromatic N) is 2. The van der Waals surface area contributed by atoms with Crippen molar-refractivity contribution in [3.63, 3.8) is 0 Å². The Morgan fingerprint density at radius 1 is 1.48 bits per heavy atom. The molecular formula is C17H16ClFN4O4. The van der Waals surface area contributed by atoms with Crippen molar-refractivity contribution in [1.29, 1.82) is 0 Å². The molecule has 1 atom stereocenters. The molecule has 10 heteroatoms. The Balaban J connectivity index is 1.94. The van der Waals surface area contributed by atoms with E-state index in [0.29, 0.717) is 17.0 Å². The molecule has 0 saturated carbocycles. The smallest absolute Gasteiger partial charge is 0.339 e. The molecule has 0 aliphatic heterocycles. The fourth-order valence-electron chi connectivity index (χ4n) is 2.56. The first-order valence-corrected chi connectivity index (χ1v) is 8.35. The highest BCUT2D eigenvalue weighted by Gasteiger charge is 2.22. The van der Waals surface area contributed by atoms with Crippen molar-refractivity contribution in [2.45, 2.75) is 13.0 Å². The van der Waals surface area contributed by atoms with Gasteiger partial charge in [-0.1, -0.05) is 11.6 Å². The predicted octanol–water partition coefficient (Wildman–Crippen LogP) is 2.93. The first kappa shape index (κ1) is 18.9. The van der Waals surface area contributed by atoms with Crippen LogP contribution in [0.5, 0.6) is 11.6 Å². The van der Waals surface area contributed by atoms with E-state index in [1.165, 1.54) is 24.5 Å². The molecule has 4 N–H and O–H groups in total. The summed E-state index contributed by atoms with van der Waals surface area (Å²) >= 11 is 6.10. The number of fused-ring (bicyclic) bond motifs is 1. The Labute approximate surface area is 158 Å². The lowest BCUT2D eigenvalue weighted by atomic mass is 10.1. The number of aromatic nitrogens is 3. The molecule has 0 radical (unpaired) electrons. The molecule has 1 unspecified atom stereocenters. The number of hydrogen-bond donors (Lipinski definition) is 3. The number of halogens is 2. The van der Waals surface area contributed by atoms with Crippen LogP contribution in [0.2, 0.25) is 5.02 Å². The Hall–Kier alpha value is -2.91. The standard InChI is InChI=1S/C17H16ClFN4O4/c1-8(13-11(26-5-4-20)3-2-10(19)14(13)18)27-12-7-22-16-15(23-12)9(6-21-16)17(24)25/h2-3,6-8H,4-5,20H2,1H3,(H,21,22)(H,24,25). The zero-order chi connectivity index (χ0) is 19.6. The molecule has 27 heavy (non-hydrogen) atoms. The van der Waals surface area contributed by atoms with E-state index in [4.69, 9.17) is 26.8 Å². The van der Waals surface area contributed by atoms with Gasteiger partial charge in [0.25, 0.3) is 0 Å². The fraction of sp³-hybridized carbons (Fsp3) is 0.235. The maximum atomic E-state index is 13.9. The molecule has 0 aliphatic rings. The van der Waals surface area contributed by atoms with Crippen molar-refractivity contribution in [3.05, 3.63) is 46.5 Å². The summed E-state index contributed by atoms with van der Waals surface area (Å²) in [5.41, 5.74) is 6.16. The third-order valence-corrected chi connectivity index (χ3v) is 4.15. The van der Waals surface area contributed by atoms with Gasteiger partial charge in [0.05, 0.1) is 16.8 Å². The molecule has 0 aliphatic carbocycles. The van der Waals surface area contributed by atoms with E-state index in [0.717, 1.165) is 0 Å². The molecule has 0 bridgehead atoms. The van der Waals surface area contributed by atoms with Crippen molar-refractivity contribution in [2.75, 3.05) is 13.2 Å². The van der Waals surface area contributed by atoms with Crippen molar-refractivity contribution in [1.82, 2.24) is 15.0 Å². The Morgan fingerprint density at radius 3 is 2.96 bits per heavy atom. The second-order valence-electron chi connectivity index (χ2n) is 5.58. The van der Waals surface area contributed by atoms with Crippen LogP contribution in [-0.2, 0) is 0 Å². The second kappa shape index (κ2) is 7.77. The van der Waals surface area contributed by atoms with Crippen LogP contribution in [-0.4, -0.2) is 39.2 Å². The molecule has 0 amide bonds. The Morgan fingerprint density at radius 2 is 2.26 bits per heavy atom. The molecule has 0 spiro atoms. The lowest BCUT2D eigenvalue weighted by Crippen LogP contribution is -2.14. The van der Waals surface area contributed by atoms with Gasteiger partial charge < -0.3 is 25.3 Å². The van der Waals surface area contributed by atoms with Gasteiger partial charge in [0.2, 0.25) is 5.88 Å². The molecule has 2 aromatic heterocycles. The number of rotatable bonds is 7. The number of aromatic amines is 1. The number of ether oxygens (including phenoxy) is 2. The van der Waals surface area contributed by atoms with Gasteiger partial charge in [-0.15, -0.1) is 0 Å². The number of carbonyl (C=O) groups is 1. The van der Waals surface area contributed by atoms with E-state index < -0.39 is 17.9 Å². The van der Waals surface area contributed by atoms with Crippen LogP contribution >= 0.6 is 11.6 Å². The quantitative estimate of drug-likeness (QED) is 0.562. The van der Waals surface area contributed by atoms with Gasteiger partial charge in [0.1, 0.15) is 35.4 Å². The van der Waals surface area contributed by atoms with Crippen LogP contribution < -0.4 is 15.2 Å². The van der Waals surface area contributed by atoms with Crippen molar-refractivity contribution >= 4 is 28.7 Å². The molecule has 2 heterocycles. The largest absolute Gasteiger partial charge is 0.492 e. The number of nitrogens with one attached hydrogen (secondary N) is 1. The SMILES string of the molecule is CC(Oc1cnc2[nH]cc(C(=O)O)c2n1)c1c(OCCN)ccc(F)c1Cl. The highest BCUT2D eigenvalue weighted by Crippen LogP contribution is 2.36. The normalized spacial score (nSPS) is 12.1. The average molecular weight is 395 g/mol. The van der Waals surface area contributed by atoms with E-state index in [-0.39, 0.29) is 35.1 Å². The Kier molecular flexibility index (Phi) is 5.43. The number of nitrogens with two attached hydrogens (primary N) is 1. The first-order valence-electron chi connectivity index (χ1n) is 7.97. The van der Waals surface area contributed by atoms with Gasteiger partial charge in [0, 0.05) is 12.7 Å². The van der Waals surface area contributed by atoms with Crippen LogP contribution in [0, 0.1) is 5.82 Å². The summed E-state index contributed by atoms with van der Waals surface area (Å²) in [6.07, 6.45) is 1.87. The van der Waals surface area contributed by atoms with Crippen molar-refractivity contribution in [2.24, 2.45) is 5.73 Å². The molecule has 8 nitrogen and oxygen atoms in total. The maximum Gasteiger partial charge on any atom is 0.339 e. The van der Waals surface area contributed by atoms with Crippen LogP contribution in [0.1, 0.15) is 28.9 Å². The molecule has 0 saturated heterocycles. The topological polar surface area (TPSA) is 123 Å². The third-order valence-electron chi connectivity index (χ3n) is 3.76. The van der Waals surface area contributed by atoms with Crippen LogP contribution in [0.4, 0.5) is 4.39 Å². The van der Waals surface area contributed by atoms with E-state index in [9.17, 15) is 14.3 Å². The van der Waals surface area contributed by atoms with Crippen molar-refractivity contribution in [3.8, 4) is 11.6 Å². The molecular weight excluding hydrogens is 379 g/mol. The van der Waals surface area contributed by atoms with E-state index in [1.54, 1.807) is 6.92 Å². The zero-order valence-electron chi connectivity index (χ0n) is 14.2. The summed E-state index contributed by atoms with van der Waals surface area (Å²) in [4.78, 5) is 22.2. The van der Waals surface area contributed by atoms with E-state index >= 15 is 0 Å². The fourth-order valence-corrected chi connectivity index (χ4v) is 2.87.